The first-order valence-electron chi connectivity index (χ1n) is 9.12. The maximum atomic E-state index is 12.3. The molecule has 1 aliphatic heterocycles. The van der Waals surface area contributed by atoms with Gasteiger partial charge in [0.05, 0.1) is 11.0 Å². The normalized spacial score (nSPS) is 14.8. The van der Waals surface area contributed by atoms with Crippen molar-refractivity contribution in [2.75, 3.05) is 13.1 Å². The SMILES string of the molecule is CCC.O=CCCC(=O)N1CCC(n2c(=O)[nH]c3cc(Cl)ccc32)CC1. The number of amides is 1. The number of aldehydes is 1. The molecule has 0 atom stereocenters. The van der Waals surface area contributed by atoms with Gasteiger partial charge in [0.25, 0.3) is 0 Å². The van der Waals surface area contributed by atoms with E-state index in [0.29, 0.717) is 18.1 Å². The Morgan fingerprint density at radius 2 is 1.96 bits per heavy atom. The average Bonchev–Trinajstić information content (AvgIpc) is 2.95. The summed E-state index contributed by atoms with van der Waals surface area (Å²) in [4.78, 5) is 39.2. The minimum Gasteiger partial charge on any atom is -0.343 e. The molecule has 0 unspecified atom stereocenters. The van der Waals surface area contributed by atoms with Crippen molar-refractivity contribution in [1.29, 1.82) is 0 Å². The highest BCUT2D eigenvalue weighted by molar-refractivity contribution is 6.31. The molecule has 1 amide bonds. The van der Waals surface area contributed by atoms with Gasteiger partial charge in [0.15, 0.2) is 0 Å². The summed E-state index contributed by atoms with van der Waals surface area (Å²) in [6, 6.07) is 5.42. The molecule has 1 aromatic heterocycles. The Hall–Kier alpha value is -2.08. The van der Waals surface area contributed by atoms with Crippen LogP contribution < -0.4 is 5.69 Å². The number of fused-ring (bicyclic) bond motifs is 1. The summed E-state index contributed by atoms with van der Waals surface area (Å²) in [5, 5.41) is 0.585. The minimum absolute atomic E-state index is 0.00797. The number of benzene rings is 1. The monoisotopic (exact) mass is 379 g/mol. The van der Waals surface area contributed by atoms with Crippen LogP contribution in [0.1, 0.15) is 52.0 Å². The summed E-state index contributed by atoms with van der Waals surface area (Å²) in [6.07, 6.45) is 3.99. The first kappa shape index (κ1) is 20.2. The fourth-order valence-corrected chi connectivity index (χ4v) is 3.35. The van der Waals surface area contributed by atoms with E-state index >= 15 is 0 Å². The van der Waals surface area contributed by atoms with Crippen LogP contribution in [0.25, 0.3) is 11.0 Å². The Bertz CT molecular complexity index is 804. The predicted molar refractivity (Wildman–Crippen MR) is 104 cm³/mol. The van der Waals surface area contributed by atoms with E-state index in [1.165, 1.54) is 6.42 Å². The summed E-state index contributed by atoms with van der Waals surface area (Å²) < 4.78 is 1.76. The number of hydrogen-bond acceptors (Lipinski definition) is 3. The van der Waals surface area contributed by atoms with Crippen LogP contribution in [0.3, 0.4) is 0 Å². The van der Waals surface area contributed by atoms with Crippen molar-refractivity contribution in [3.8, 4) is 0 Å². The molecule has 2 heterocycles. The number of carbonyl (C=O) groups is 2. The molecular formula is C19H26ClN3O3. The van der Waals surface area contributed by atoms with Crippen molar-refractivity contribution in [2.45, 2.75) is 52.0 Å². The van der Waals surface area contributed by atoms with Gasteiger partial charge in [-0.25, -0.2) is 4.79 Å². The smallest absolute Gasteiger partial charge is 0.326 e. The van der Waals surface area contributed by atoms with E-state index in [2.05, 4.69) is 18.8 Å². The Morgan fingerprint density at radius 1 is 1.31 bits per heavy atom. The van der Waals surface area contributed by atoms with E-state index in [-0.39, 0.29) is 30.5 Å². The van der Waals surface area contributed by atoms with Crippen LogP contribution in [0.2, 0.25) is 5.02 Å². The van der Waals surface area contributed by atoms with Gasteiger partial charge in [-0.15, -0.1) is 0 Å². The van der Waals surface area contributed by atoms with Gasteiger partial charge in [-0.05, 0) is 31.0 Å². The number of nitrogens with one attached hydrogen (secondary N) is 1. The highest BCUT2D eigenvalue weighted by Crippen LogP contribution is 2.26. The zero-order chi connectivity index (χ0) is 19.1. The van der Waals surface area contributed by atoms with Crippen LogP contribution >= 0.6 is 11.6 Å². The lowest BCUT2D eigenvalue weighted by atomic mass is 10.0. The van der Waals surface area contributed by atoms with E-state index in [0.717, 1.165) is 30.2 Å². The molecule has 142 valence electrons. The van der Waals surface area contributed by atoms with Gasteiger partial charge < -0.3 is 14.7 Å². The quantitative estimate of drug-likeness (QED) is 0.825. The number of imidazole rings is 1. The topological polar surface area (TPSA) is 75.2 Å². The molecule has 3 rings (SSSR count). The third-order valence-corrected chi connectivity index (χ3v) is 4.57. The van der Waals surface area contributed by atoms with Gasteiger partial charge in [0.1, 0.15) is 6.29 Å². The first-order valence-corrected chi connectivity index (χ1v) is 9.50. The lowest BCUT2D eigenvalue weighted by Gasteiger charge is -2.32. The van der Waals surface area contributed by atoms with Crippen molar-refractivity contribution < 1.29 is 9.59 Å². The number of aromatic amines is 1. The maximum Gasteiger partial charge on any atom is 0.326 e. The predicted octanol–water partition coefficient (Wildman–Crippen LogP) is 3.54. The van der Waals surface area contributed by atoms with Gasteiger partial charge in [-0.1, -0.05) is 31.9 Å². The Kier molecular flexibility index (Phi) is 7.45. The summed E-state index contributed by atoms with van der Waals surface area (Å²) in [7, 11) is 0. The van der Waals surface area contributed by atoms with Crippen LogP contribution in [-0.4, -0.2) is 39.7 Å². The minimum atomic E-state index is -0.145. The molecule has 1 aliphatic rings. The summed E-state index contributed by atoms with van der Waals surface area (Å²) in [6.45, 7) is 5.46. The summed E-state index contributed by atoms with van der Waals surface area (Å²) in [5.41, 5.74) is 1.42. The molecule has 0 radical (unpaired) electrons. The number of rotatable bonds is 4. The highest BCUT2D eigenvalue weighted by Gasteiger charge is 2.25. The molecule has 1 saturated heterocycles. The number of halogens is 1. The maximum absolute atomic E-state index is 12.3. The van der Waals surface area contributed by atoms with Crippen molar-refractivity contribution in [3.05, 3.63) is 33.7 Å². The second kappa shape index (κ2) is 9.57. The van der Waals surface area contributed by atoms with E-state index in [9.17, 15) is 14.4 Å². The van der Waals surface area contributed by atoms with Gasteiger partial charge in [0.2, 0.25) is 5.91 Å². The van der Waals surface area contributed by atoms with Gasteiger partial charge >= 0.3 is 5.69 Å². The zero-order valence-electron chi connectivity index (χ0n) is 15.3. The Morgan fingerprint density at radius 3 is 2.58 bits per heavy atom. The lowest BCUT2D eigenvalue weighted by molar-refractivity contribution is -0.133. The molecule has 0 spiro atoms. The van der Waals surface area contributed by atoms with Gasteiger partial charge in [-0.3, -0.25) is 9.36 Å². The Balaban J connectivity index is 0.000000758. The van der Waals surface area contributed by atoms with E-state index in [4.69, 9.17) is 11.6 Å². The van der Waals surface area contributed by atoms with E-state index in [1.54, 1.807) is 21.6 Å². The van der Waals surface area contributed by atoms with Crippen LogP contribution in [0.5, 0.6) is 0 Å². The second-order valence-electron chi connectivity index (χ2n) is 6.49. The highest BCUT2D eigenvalue weighted by atomic mass is 35.5. The van der Waals surface area contributed by atoms with E-state index < -0.39 is 0 Å². The number of likely N-dealkylation sites (tertiary alicyclic amines) is 1. The van der Waals surface area contributed by atoms with Crippen LogP contribution in [0.4, 0.5) is 0 Å². The van der Waals surface area contributed by atoms with Crippen molar-refractivity contribution in [3.63, 3.8) is 0 Å². The third-order valence-electron chi connectivity index (χ3n) is 4.34. The molecule has 26 heavy (non-hydrogen) atoms. The number of H-pyrrole nitrogens is 1. The van der Waals surface area contributed by atoms with Crippen LogP contribution in [0, 0.1) is 0 Å². The molecule has 2 aromatic rings. The summed E-state index contributed by atoms with van der Waals surface area (Å²) in [5.74, 6) is 0.00797. The van der Waals surface area contributed by atoms with Crippen molar-refractivity contribution >= 4 is 34.8 Å². The average molecular weight is 380 g/mol. The molecular weight excluding hydrogens is 354 g/mol. The molecule has 1 fully saturated rings. The van der Waals surface area contributed by atoms with Gasteiger partial charge in [-0.2, -0.15) is 0 Å². The van der Waals surface area contributed by atoms with Crippen molar-refractivity contribution in [1.82, 2.24) is 14.5 Å². The Labute approximate surface area is 158 Å². The lowest BCUT2D eigenvalue weighted by Crippen LogP contribution is -2.40. The number of nitrogens with zero attached hydrogens (tertiary/aromatic N) is 2. The fourth-order valence-electron chi connectivity index (χ4n) is 3.18. The molecule has 0 saturated carbocycles. The third kappa shape index (κ3) is 4.75. The zero-order valence-corrected chi connectivity index (χ0v) is 16.1. The second-order valence-corrected chi connectivity index (χ2v) is 6.92. The summed E-state index contributed by atoms with van der Waals surface area (Å²) >= 11 is 5.96. The van der Waals surface area contributed by atoms with Crippen LogP contribution in [0.15, 0.2) is 23.0 Å². The molecule has 0 bridgehead atoms. The number of carbonyl (C=O) groups excluding carboxylic acids is 2. The molecule has 7 heteroatoms. The van der Waals surface area contributed by atoms with Crippen molar-refractivity contribution in [2.24, 2.45) is 0 Å². The van der Waals surface area contributed by atoms with Gasteiger partial charge in [0, 0.05) is 37.0 Å². The van der Waals surface area contributed by atoms with Crippen LogP contribution in [-0.2, 0) is 9.59 Å². The number of hydrogen-bond donors (Lipinski definition) is 1. The largest absolute Gasteiger partial charge is 0.343 e. The first-order chi connectivity index (χ1) is 12.5. The molecule has 0 aliphatic carbocycles. The fraction of sp³-hybridized carbons (Fsp3) is 0.526. The number of piperidine rings is 1. The van der Waals surface area contributed by atoms with E-state index in [1.807, 2.05) is 6.07 Å². The molecule has 1 N–H and O–H groups in total. The number of aromatic nitrogens is 2. The molecule has 1 aromatic carbocycles. The standard InChI is InChI=1S/C16H18ClN3O3.C3H8/c17-11-3-4-14-13(10-11)18-16(23)20(14)12-5-7-19(8-6-12)15(22)2-1-9-21;1-3-2/h3-4,9-10,12H,1-2,5-8H2,(H,18,23);3H2,1-2H3. The molecule has 6 nitrogen and oxygen atoms in total.